The molecule has 1 heterocycles. The van der Waals surface area contributed by atoms with Crippen LogP contribution in [0.4, 0.5) is 0 Å². The Morgan fingerprint density at radius 3 is 2.74 bits per heavy atom. The molecule has 0 radical (unpaired) electrons. The molecule has 2 rings (SSSR count). The second-order valence-corrected chi connectivity index (χ2v) is 6.29. The third-order valence-electron chi connectivity index (χ3n) is 3.58. The van der Waals surface area contributed by atoms with Gasteiger partial charge in [0.25, 0.3) is 0 Å². The van der Waals surface area contributed by atoms with Gasteiger partial charge in [-0.15, -0.1) is 0 Å². The van der Waals surface area contributed by atoms with Gasteiger partial charge >= 0.3 is 0 Å². The van der Waals surface area contributed by atoms with E-state index in [2.05, 4.69) is 36.1 Å². The average molecular weight is 281 g/mol. The molecule has 3 nitrogen and oxygen atoms in total. The molecule has 1 aromatic carbocycles. The fourth-order valence-electron chi connectivity index (χ4n) is 2.35. The molecule has 1 fully saturated rings. The zero-order chi connectivity index (χ0) is 13.7. The summed E-state index contributed by atoms with van der Waals surface area (Å²) in [7, 11) is 3.34. The molecule has 1 aliphatic heterocycles. The molecule has 0 unspecified atom stereocenters. The molecular weight excluding hydrogens is 258 g/mol. The minimum atomic E-state index is 0.334. The van der Waals surface area contributed by atoms with Crippen LogP contribution >= 0.6 is 11.8 Å². The van der Waals surface area contributed by atoms with Gasteiger partial charge in [-0.25, -0.2) is 0 Å². The maximum atomic E-state index is 5.35. The third kappa shape index (κ3) is 3.80. The van der Waals surface area contributed by atoms with E-state index in [9.17, 15) is 0 Å². The Balaban J connectivity index is 1.95. The van der Waals surface area contributed by atoms with Crippen molar-refractivity contribution < 1.29 is 9.47 Å². The summed E-state index contributed by atoms with van der Waals surface area (Å²) in [6, 6.07) is 6.46. The van der Waals surface area contributed by atoms with Crippen molar-refractivity contribution in [2.75, 3.05) is 26.5 Å². The SMILES string of the molecule is COc1ccc([C@@H](C)NC[C@@H]2CCCS2)cc1OC. The highest BCUT2D eigenvalue weighted by Gasteiger charge is 2.17. The number of methoxy groups -OCH3 is 2. The van der Waals surface area contributed by atoms with Gasteiger partial charge in [-0.3, -0.25) is 0 Å². The average Bonchev–Trinajstić information content (AvgIpc) is 2.97. The van der Waals surface area contributed by atoms with E-state index in [0.717, 1.165) is 23.3 Å². The van der Waals surface area contributed by atoms with Crippen LogP contribution in [0.5, 0.6) is 11.5 Å². The van der Waals surface area contributed by atoms with Crippen LogP contribution in [0.1, 0.15) is 31.4 Å². The van der Waals surface area contributed by atoms with E-state index >= 15 is 0 Å². The number of nitrogens with one attached hydrogen (secondary N) is 1. The van der Waals surface area contributed by atoms with Crippen molar-refractivity contribution >= 4 is 11.8 Å². The van der Waals surface area contributed by atoms with Gasteiger partial charge in [-0.2, -0.15) is 11.8 Å². The Bertz CT molecular complexity index is 405. The zero-order valence-corrected chi connectivity index (χ0v) is 12.8. The molecule has 0 aromatic heterocycles. The lowest BCUT2D eigenvalue weighted by Crippen LogP contribution is -2.26. The van der Waals surface area contributed by atoms with Crippen LogP contribution in [0, 0.1) is 0 Å². The summed E-state index contributed by atoms with van der Waals surface area (Å²) in [6.45, 7) is 3.28. The molecule has 1 N–H and O–H groups in total. The summed E-state index contributed by atoms with van der Waals surface area (Å²) >= 11 is 2.09. The highest BCUT2D eigenvalue weighted by molar-refractivity contribution is 8.00. The zero-order valence-electron chi connectivity index (χ0n) is 11.9. The van der Waals surface area contributed by atoms with Crippen LogP contribution in [-0.2, 0) is 0 Å². The predicted octanol–water partition coefficient (Wildman–Crippen LogP) is 3.25. The van der Waals surface area contributed by atoms with E-state index in [4.69, 9.17) is 9.47 Å². The molecule has 0 bridgehead atoms. The number of hydrogen-bond donors (Lipinski definition) is 1. The van der Waals surface area contributed by atoms with E-state index in [0.29, 0.717) is 6.04 Å². The van der Waals surface area contributed by atoms with E-state index < -0.39 is 0 Å². The van der Waals surface area contributed by atoms with E-state index in [-0.39, 0.29) is 0 Å². The summed E-state index contributed by atoms with van der Waals surface area (Å²) in [5, 5.41) is 4.39. The molecular formula is C15H23NO2S. The first-order valence-electron chi connectivity index (χ1n) is 6.81. The van der Waals surface area contributed by atoms with Gasteiger partial charge < -0.3 is 14.8 Å². The standard InChI is InChI=1S/C15H23NO2S/c1-11(16-10-13-5-4-8-19-13)12-6-7-14(17-2)15(9-12)18-3/h6-7,9,11,13,16H,4-5,8,10H2,1-3H3/t11-,13+/m1/s1. The molecule has 0 spiro atoms. The highest BCUT2D eigenvalue weighted by atomic mass is 32.2. The summed E-state index contributed by atoms with van der Waals surface area (Å²) in [4.78, 5) is 0. The second kappa shape index (κ2) is 7.06. The summed E-state index contributed by atoms with van der Waals surface area (Å²) in [5.41, 5.74) is 1.24. The number of benzene rings is 1. The topological polar surface area (TPSA) is 30.5 Å². The van der Waals surface area contributed by atoms with Gasteiger partial charge in [0.1, 0.15) is 0 Å². The molecule has 106 valence electrons. The van der Waals surface area contributed by atoms with Gasteiger partial charge in [-0.05, 0) is 43.2 Å². The molecule has 19 heavy (non-hydrogen) atoms. The van der Waals surface area contributed by atoms with Gasteiger partial charge in [-0.1, -0.05) is 6.07 Å². The molecule has 1 saturated heterocycles. The van der Waals surface area contributed by atoms with Crippen LogP contribution < -0.4 is 14.8 Å². The van der Waals surface area contributed by atoms with Crippen molar-refractivity contribution in [3.8, 4) is 11.5 Å². The maximum Gasteiger partial charge on any atom is 0.161 e. The summed E-state index contributed by atoms with van der Waals surface area (Å²) in [5.74, 6) is 2.89. The quantitative estimate of drug-likeness (QED) is 0.867. The van der Waals surface area contributed by atoms with Crippen LogP contribution in [0.15, 0.2) is 18.2 Å². The Morgan fingerprint density at radius 2 is 2.11 bits per heavy atom. The molecule has 4 heteroatoms. The maximum absolute atomic E-state index is 5.35. The molecule has 0 amide bonds. The molecule has 1 aliphatic rings. The van der Waals surface area contributed by atoms with Crippen molar-refractivity contribution in [1.29, 1.82) is 0 Å². The van der Waals surface area contributed by atoms with Gasteiger partial charge in [0.15, 0.2) is 11.5 Å². The summed E-state index contributed by atoms with van der Waals surface area (Å²) < 4.78 is 10.6. The van der Waals surface area contributed by atoms with Gasteiger partial charge in [0, 0.05) is 17.8 Å². The molecule has 1 aromatic rings. The van der Waals surface area contributed by atoms with Crippen LogP contribution in [0.25, 0.3) is 0 Å². The lowest BCUT2D eigenvalue weighted by molar-refractivity contribution is 0.354. The van der Waals surface area contributed by atoms with Crippen molar-refractivity contribution in [2.45, 2.75) is 31.1 Å². The fraction of sp³-hybridized carbons (Fsp3) is 0.600. The number of rotatable bonds is 6. The Labute approximate surface area is 120 Å². The minimum absolute atomic E-state index is 0.334. The third-order valence-corrected chi connectivity index (χ3v) is 4.98. The first-order valence-corrected chi connectivity index (χ1v) is 7.86. The van der Waals surface area contributed by atoms with Crippen molar-refractivity contribution in [1.82, 2.24) is 5.32 Å². The van der Waals surface area contributed by atoms with E-state index in [1.54, 1.807) is 14.2 Å². The first kappa shape index (κ1) is 14.5. The fourth-order valence-corrected chi connectivity index (χ4v) is 3.57. The molecule has 0 saturated carbocycles. The van der Waals surface area contributed by atoms with Crippen LogP contribution in [0.3, 0.4) is 0 Å². The Hall–Kier alpha value is -0.870. The van der Waals surface area contributed by atoms with E-state index in [1.807, 2.05) is 6.07 Å². The first-order chi connectivity index (χ1) is 9.24. The summed E-state index contributed by atoms with van der Waals surface area (Å²) in [6.07, 6.45) is 2.71. The number of thioether (sulfide) groups is 1. The second-order valence-electron chi connectivity index (χ2n) is 4.88. The highest BCUT2D eigenvalue weighted by Crippen LogP contribution is 2.30. The van der Waals surface area contributed by atoms with E-state index in [1.165, 1.54) is 24.2 Å². The largest absolute Gasteiger partial charge is 0.493 e. The normalized spacial score (nSPS) is 20.3. The lowest BCUT2D eigenvalue weighted by atomic mass is 10.1. The molecule has 2 atom stereocenters. The Morgan fingerprint density at radius 1 is 1.32 bits per heavy atom. The molecule has 0 aliphatic carbocycles. The minimum Gasteiger partial charge on any atom is -0.493 e. The monoisotopic (exact) mass is 281 g/mol. The predicted molar refractivity (Wildman–Crippen MR) is 81.4 cm³/mol. The van der Waals surface area contributed by atoms with Crippen LogP contribution in [-0.4, -0.2) is 31.8 Å². The Kier molecular flexibility index (Phi) is 5.40. The van der Waals surface area contributed by atoms with Crippen molar-refractivity contribution in [2.24, 2.45) is 0 Å². The van der Waals surface area contributed by atoms with Crippen LogP contribution in [0.2, 0.25) is 0 Å². The van der Waals surface area contributed by atoms with Gasteiger partial charge in [0.05, 0.1) is 14.2 Å². The smallest absolute Gasteiger partial charge is 0.161 e. The number of hydrogen-bond acceptors (Lipinski definition) is 4. The van der Waals surface area contributed by atoms with Crippen molar-refractivity contribution in [3.63, 3.8) is 0 Å². The lowest BCUT2D eigenvalue weighted by Gasteiger charge is -2.18. The number of ether oxygens (including phenoxy) is 2. The van der Waals surface area contributed by atoms with Crippen molar-refractivity contribution in [3.05, 3.63) is 23.8 Å². The van der Waals surface area contributed by atoms with Gasteiger partial charge in [0.2, 0.25) is 0 Å².